The smallest absolute Gasteiger partial charge is 0.198 e. The zero-order valence-corrected chi connectivity index (χ0v) is 11.5. The minimum atomic E-state index is 0.315. The fourth-order valence-electron chi connectivity index (χ4n) is 2.37. The second-order valence-electron chi connectivity index (χ2n) is 5.45. The van der Waals surface area contributed by atoms with Crippen LogP contribution in [0.2, 0.25) is 0 Å². The quantitative estimate of drug-likeness (QED) is 0.917. The van der Waals surface area contributed by atoms with Gasteiger partial charge in [-0.2, -0.15) is 0 Å². The highest BCUT2D eigenvalue weighted by molar-refractivity contribution is 5.77. The van der Waals surface area contributed by atoms with Gasteiger partial charge in [-0.3, -0.25) is 0 Å². The van der Waals surface area contributed by atoms with E-state index in [1.807, 2.05) is 12.1 Å². The highest BCUT2D eigenvalue weighted by atomic mass is 16.5. The summed E-state index contributed by atoms with van der Waals surface area (Å²) in [6.45, 7) is 5.85. The summed E-state index contributed by atoms with van der Waals surface area (Å²) in [5.74, 6) is 1.11. The summed E-state index contributed by atoms with van der Waals surface area (Å²) >= 11 is 0. The van der Waals surface area contributed by atoms with Gasteiger partial charge in [0, 0.05) is 24.3 Å². The number of oxazole rings is 1. The van der Waals surface area contributed by atoms with Crippen LogP contribution in [-0.4, -0.2) is 24.2 Å². The van der Waals surface area contributed by atoms with Crippen LogP contribution in [-0.2, 0) is 4.74 Å². The number of rotatable bonds is 3. The molecule has 0 saturated carbocycles. The van der Waals surface area contributed by atoms with Crippen molar-refractivity contribution in [1.29, 1.82) is 0 Å². The van der Waals surface area contributed by atoms with Crippen LogP contribution < -0.4 is 5.32 Å². The number of nitrogens with zero attached hydrogens (tertiary/aromatic N) is 1. The Morgan fingerprint density at radius 2 is 2.26 bits per heavy atom. The maximum Gasteiger partial charge on any atom is 0.198 e. The largest absolute Gasteiger partial charge is 0.440 e. The highest BCUT2D eigenvalue weighted by Crippen LogP contribution is 2.24. The molecule has 4 nitrogen and oxygen atoms in total. The van der Waals surface area contributed by atoms with E-state index in [1.165, 1.54) is 0 Å². The van der Waals surface area contributed by atoms with Gasteiger partial charge in [0.05, 0.1) is 6.61 Å². The topological polar surface area (TPSA) is 47.3 Å². The molecule has 0 amide bonds. The number of anilines is 1. The molecule has 0 spiro atoms. The first kappa shape index (κ1) is 12.5. The third-order valence-corrected chi connectivity index (χ3v) is 3.43. The van der Waals surface area contributed by atoms with Crippen molar-refractivity contribution in [2.24, 2.45) is 0 Å². The van der Waals surface area contributed by atoms with Crippen LogP contribution in [0, 0.1) is 0 Å². The predicted octanol–water partition coefficient (Wildman–Crippen LogP) is 3.54. The summed E-state index contributed by atoms with van der Waals surface area (Å²) in [6, 6.07) is 6.49. The minimum absolute atomic E-state index is 0.315. The molecule has 2 heterocycles. The fourth-order valence-corrected chi connectivity index (χ4v) is 2.37. The van der Waals surface area contributed by atoms with E-state index < -0.39 is 0 Å². The lowest BCUT2D eigenvalue weighted by molar-refractivity contribution is 0.0876. The maximum absolute atomic E-state index is 5.71. The monoisotopic (exact) mass is 260 g/mol. The van der Waals surface area contributed by atoms with Gasteiger partial charge in [0.2, 0.25) is 0 Å². The van der Waals surface area contributed by atoms with Crippen LogP contribution in [0.15, 0.2) is 22.6 Å². The van der Waals surface area contributed by atoms with Gasteiger partial charge in [-0.1, -0.05) is 13.8 Å². The average Bonchev–Trinajstić information content (AvgIpc) is 2.83. The Morgan fingerprint density at radius 1 is 1.37 bits per heavy atom. The molecule has 1 aliphatic heterocycles. The van der Waals surface area contributed by atoms with Crippen molar-refractivity contribution in [2.75, 3.05) is 18.5 Å². The van der Waals surface area contributed by atoms with Gasteiger partial charge < -0.3 is 14.5 Å². The number of aromatic nitrogens is 1. The number of hydrogen-bond acceptors (Lipinski definition) is 4. The van der Waals surface area contributed by atoms with E-state index in [2.05, 4.69) is 30.2 Å². The van der Waals surface area contributed by atoms with Crippen LogP contribution in [0.4, 0.5) is 5.69 Å². The normalized spacial score (nSPS) is 20.1. The van der Waals surface area contributed by atoms with Gasteiger partial charge in [-0.25, -0.2) is 4.98 Å². The lowest BCUT2D eigenvalue weighted by Gasteiger charge is -2.24. The highest BCUT2D eigenvalue weighted by Gasteiger charge is 2.14. The molecule has 1 unspecified atom stereocenters. The molecule has 1 saturated heterocycles. The van der Waals surface area contributed by atoms with E-state index >= 15 is 0 Å². The van der Waals surface area contributed by atoms with Crippen molar-refractivity contribution in [2.45, 2.75) is 38.6 Å². The van der Waals surface area contributed by atoms with Crippen LogP contribution in [0.3, 0.4) is 0 Å². The Labute approximate surface area is 113 Å². The molecule has 19 heavy (non-hydrogen) atoms. The van der Waals surface area contributed by atoms with Gasteiger partial charge in [0.1, 0.15) is 5.52 Å². The van der Waals surface area contributed by atoms with Crippen LogP contribution in [0.25, 0.3) is 11.1 Å². The molecule has 0 bridgehead atoms. The van der Waals surface area contributed by atoms with E-state index in [1.54, 1.807) is 0 Å². The molecule has 1 aliphatic rings. The number of nitrogens with one attached hydrogen (secondary N) is 1. The molecule has 2 aromatic rings. The van der Waals surface area contributed by atoms with E-state index in [4.69, 9.17) is 9.15 Å². The van der Waals surface area contributed by atoms with Gasteiger partial charge in [0.15, 0.2) is 11.5 Å². The van der Waals surface area contributed by atoms with Gasteiger partial charge in [0.25, 0.3) is 0 Å². The lowest BCUT2D eigenvalue weighted by atomic mass is 10.1. The molecule has 102 valence electrons. The first-order valence-corrected chi connectivity index (χ1v) is 6.97. The Kier molecular flexibility index (Phi) is 3.42. The van der Waals surface area contributed by atoms with Crippen molar-refractivity contribution in [1.82, 2.24) is 4.98 Å². The predicted molar refractivity (Wildman–Crippen MR) is 75.6 cm³/mol. The van der Waals surface area contributed by atoms with Crippen molar-refractivity contribution in [3.05, 3.63) is 24.1 Å². The molecule has 1 aromatic carbocycles. The molecule has 1 N–H and O–H groups in total. The lowest BCUT2D eigenvalue weighted by Crippen LogP contribution is -2.29. The molecule has 3 rings (SSSR count). The molecule has 4 heteroatoms. The molecule has 1 fully saturated rings. The van der Waals surface area contributed by atoms with E-state index in [9.17, 15) is 0 Å². The minimum Gasteiger partial charge on any atom is -0.440 e. The molecular weight excluding hydrogens is 240 g/mol. The van der Waals surface area contributed by atoms with Gasteiger partial charge >= 0.3 is 0 Å². The standard InChI is InChI=1S/C15H20N2O2/c1-10(2)15-17-13-8-11(5-6-14(13)19-15)16-12-4-3-7-18-9-12/h5-6,8,10,12,16H,3-4,7,9H2,1-2H3. The zero-order chi connectivity index (χ0) is 13.2. The number of ether oxygens (including phenoxy) is 1. The summed E-state index contributed by atoms with van der Waals surface area (Å²) < 4.78 is 11.2. The van der Waals surface area contributed by atoms with Crippen LogP contribution >= 0.6 is 0 Å². The fraction of sp³-hybridized carbons (Fsp3) is 0.533. The Balaban J connectivity index is 1.80. The summed E-state index contributed by atoms with van der Waals surface area (Å²) in [5, 5.41) is 3.50. The zero-order valence-electron chi connectivity index (χ0n) is 11.5. The first-order chi connectivity index (χ1) is 9.22. The number of benzene rings is 1. The van der Waals surface area contributed by atoms with Crippen LogP contribution in [0.1, 0.15) is 38.5 Å². The SMILES string of the molecule is CC(C)c1nc2cc(NC3CCCOC3)ccc2o1. The van der Waals surface area contributed by atoms with Crippen molar-refractivity contribution >= 4 is 16.8 Å². The third kappa shape index (κ3) is 2.73. The van der Waals surface area contributed by atoms with E-state index in [-0.39, 0.29) is 0 Å². The Hall–Kier alpha value is -1.55. The second kappa shape index (κ2) is 5.21. The van der Waals surface area contributed by atoms with E-state index in [0.717, 1.165) is 48.7 Å². The summed E-state index contributed by atoms with van der Waals surface area (Å²) in [4.78, 5) is 4.53. The summed E-state index contributed by atoms with van der Waals surface area (Å²) in [6.07, 6.45) is 2.29. The molecular formula is C15H20N2O2. The Morgan fingerprint density at radius 3 is 3.00 bits per heavy atom. The third-order valence-electron chi connectivity index (χ3n) is 3.43. The van der Waals surface area contributed by atoms with Crippen LogP contribution in [0.5, 0.6) is 0 Å². The van der Waals surface area contributed by atoms with Gasteiger partial charge in [-0.05, 0) is 31.0 Å². The maximum atomic E-state index is 5.71. The molecule has 1 aromatic heterocycles. The molecule has 1 atom stereocenters. The molecule has 0 radical (unpaired) electrons. The van der Waals surface area contributed by atoms with Crippen molar-refractivity contribution in [3.63, 3.8) is 0 Å². The summed E-state index contributed by atoms with van der Waals surface area (Å²) in [5.41, 5.74) is 2.87. The second-order valence-corrected chi connectivity index (χ2v) is 5.45. The average molecular weight is 260 g/mol. The number of hydrogen-bond donors (Lipinski definition) is 1. The summed E-state index contributed by atoms with van der Waals surface area (Å²) in [7, 11) is 0. The van der Waals surface area contributed by atoms with Crippen molar-refractivity contribution < 1.29 is 9.15 Å². The number of fused-ring (bicyclic) bond motifs is 1. The Bertz CT molecular complexity index is 556. The molecule has 0 aliphatic carbocycles. The van der Waals surface area contributed by atoms with Crippen molar-refractivity contribution in [3.8, 4) is 0 Å². The van der Waals surface area contributed by atoms with E-state index in [0.29, 0.717) is 12.0 Å². The van der Waals surface area contributed by atoms with Gasteiger partial charge in [-0.15, -0.1) is 0 Å². The first-order valence-electron chi connectivity index (χ1n) is 6.97.